The highest BCUT2D eigenvalue weighted by Crippen LogP contribution is 2.40. The summed E-state index contributed by atoms with van der Waals surface area (Å²) in [5.74, 6) is -0.170. The minimum absolute atomic E-state index is 0.170. The SMILES string of the molecule is CCN1NC(c2ccc(N(C)C)cc2)(c2ccc(N(C)C)cc2)c2nccnc2C1=O. The van der Waals surface area contributed by atoms with Gasteiger partial charge in [-0.2, -0.15) is 0 Å². The predicted octanol–water partition coefficient (Wildman–Crippen LogP) is 2.88. The van der Waals surface area contributed by atoms with Gasteiger partial charge in [-0.25, -0.2) is 10.4 Å². The molecule has 1 N–H and O–H groups in total. The topological polar surface area (TPSA) is 64.6 Å². The lowest BCUT2D eigenvalue weighted by molar-refractivity contribution is 0.0536. The van der Waals surface area contributed by atoms with Gasteiger partial charge >= 0.3 is 0 Å². The number of amides is 1. The molecule has 0 radical (unpaired) electrons. The van der Waals surface area contributed by atoms with Gasteiger partial charge in [0, 0.05) is 58.5 Å². The molecule has 0 atom stereocenters. The second-order valence-corrected chi connectivity index (χ2v) is 8.05. The molecule has 2 heterocycles. The van der Waals surface area contributed by atoms with Gasteiger partial charge < -0.3 is 9.80 Å². The lowest BCUT2D eigenvalue weighted by Crippen LogP contribution is -2.60. The number of hydrogen-bond donors (Lipinski definition) is 1. The minimum Gasteiger partial charge on any atom is -0.378 e. The second kappa shape index (κ2) is 8.00. The predicted molar refractivity (Wildman–Crippen MR) is 123 cm³/mol. The number of carbonyl (C=O) groups excluding carboxylic acids is 1. The first-order valence-corrected chi connectivity index (χ1v) is 10.4. The van der Waals surface area contributed by atoms with Crippen LogP contribution in [0.15, 0.2) is 60.9 Å². The van der Waals surface area contributed by atoms with E-state index in [4.69, 9.17) is 0 Å². The van der Waals surface area contributed by atoms with Crippen molar-refractivity contribution in [2.45, 2.75) is 12.5 Å². The summed E-state index contributed by atoms with van der Waals surface area (Å²) < 4.78 is 0. The van der Waals surface area contributed by atoms with Crippen molar-refractivity contribution in [2.75, 3.05) is 44.5 Å². The molecule has 3 aromatic rings. The fourth-order valence-corrected chi connectivity index (χ4v) is 4.01. The zero-order valence-corrected chi connectivity index (χ0v) is 18.6. The van der Waals surface area contributed by atoms with E-state index in [9.17, 15) is 4.79 Å². The van der Waals surface area contributed by atoms with Crippen LogP contribution in [0, 0.1) is 0 Å². The highest BCUT2D eigenvalue weighted by molar-refractivity contribution is 5.95. The van der Waals surface area contributed by atoms with Crippen LogP contribution < -0.4 is 15.2 Å². The molecular weight excluding hydrogens is 388 g/mol. The third kappa shape index (κ3) is 3.41. The number of carbonyl (C=O) groups is 1. The van der Waals surface area contributed by atoms with Gasteiger partial charge in [0.2, 0.25) is 0 Å². The zero-order valence-electron chi connectivity index (χ0n) is 18.6. The molecule has 0 bridgehead atoms. The molecule has 7 heteroatoms. The second-order valence-electron chi connectivity index (χ2n) is 8.05. The summed E-state index contributed by atoms with van der Waals surface area (Å²) in [6, 6.07) is 16.7. The number of nitrogens with zero attached hydrogens (tertiary/aromatic N) is 5. The Morgan fingerprint density at radius 2 is 1.32 bits per heavy atom. The first-order valence-electron chi connectivity index (χ1n) is 10.4. The van der Waals surface area contributed by atoms with Crippen molar-refractivity contribution in [3.63, 3.8) is 0 Å². The standard InChI is InChI=1S/C24H28N6O/c1-6-30-23(31)21-22(26-16-15-25-21)24(27-30,17-7-11-19(12-8-17)28(2)3)18-9-13-20(14-10-18)29(4)5/h7-16,27H,6H2,1-5H3. The van der Waals surface area contributed by atoms with Gasteiger partial charge in [0.1, 0.15) is 11.2 Å². The Balaban J connectivity index is 1.99. The quantitative estimate of drug-likeness (QED) is 0.690. The largest absolute Gasteiger partial charge is 0.378 e. The first kappa shape index (κ1) is 20.8. The average molecular weight is 417 g/mol. The van der Waals surface area contributed by atoms with Gasteiger partial charge in [-0.1, -0.05) is 24.3 Å². The number of hydrogen-bond acceptors (Lipinski definition) is 6. The highest BCUT2D eigenvalue weighted by atomic mass is 16.2. The highest BCUT2D eigenvalue weighted by Gasteiger charge is 2.47. The lowest BCUT2D eigenvalue weighted by atomic mass is 9.78. The third-order valence-corrected chi connectivity index (χ3v) is 5.75. The molecule has 0 aliphatic carbocycles. The number of fused-ring (bicyclic) bond motifs is 1. The molecule has 7 nitrogen and oxygen atoms in total. The molecule has 0 saturated heterocycles. The van der Waals surface area contributed by atoms with Crippen LogP contribution in [0.3, 0.4) is 0 Å². The van der Waals surface area contributed by atoms with Crippen LogP contribution in [0.1, 0.15) is 34.2 Å². The molecule has 1 amide bonds. The maximum absolute atomic E-state index is 13.0. The number of rotatable bonds is 5. The van der Waals surface area contributed by atoms with E-state index in [1.165, 1.54) is 0 Å². The van der Waals surface area contributed by atoms with Crippen molar-refractivity contribution in [2.24, 2.45) is 0 Å². The summed E-state index contributed by atoms with van der Waals surface area (Å²) in [7, 11) is 8.06. The fourth-order valence-electron chi connectivity index (χ4n) is 4.01. The molecule has 4 rings (SSSR count). The van der Waals surface area contributed by atoms with E-state index in [0.717, 1.165) is 22.5 Å². The van der Waals surface area contributed by atoms with Crippen LogP contribution in [-0.4, -0.2) is 55.6 Å². The molecular formula is C24H28N6O. The van der Waals surface area contributed by atoms with Gasteiger partial charge in [-0.05, 0) is 42.3 Å². The van der Waals surface area contributed by atoms with Gasteiger partial charge in [-0.3, -0.25) is 14.8 Å². The van der Waals surface area contributed by atoms with Crippen LogP contribution >= 0.6 is 0 Å². The summed E-state index contributed by atoms with van der Waals surface area (Å²) in [6.45, 7) is 2.45. The summed E-state index contributed by atoms with van der Waals surface area (Å²) >= 11 is 0. The Hall–Kier alpha value is -3.45. The number of aromatic nitrogens is 2. The van der Waals surface area contributed by atoms with E-state index in [1.54, 1.807) is 17.4 Å². The molecule has 0 fully saturated rings. The fraction of sp³-hybridized carbons (Fsp3) is 0.292. The zero-order chi connectivity index (χ0) is 22.2. The molecule has 1 aliphatic rings. The summed E-state index contributed by atoms with van der Waals surface area (Å²) in [5, 5.41) is 1.62. The van der Waals surface area contributed by atoms with Crippen molar-refractivity contribution in [3.8, 4) is 0 Å². The first-order chi connectivity index (χ1) is 14.9. The van der Waals surface area contributed by atoms with Crippen molar-refractivity contribution in [1.82, 2.24) is 20.4 Å². The Labute approximate surface area is 183 Å². The molecule has 1 aromatic heterocycles. The number of benzene rings is 2. The van der Waals surface area contributed by atoms with Crippen LogP contribution in [0.25, 0.3) is 0 Å². The smallest absolute Gasteiger partial charge is 0.288 e. The molecule has 1 aliphatic heterocycles. The Kier molecular flexibility index (Phi) is 5.37. The van der Waals surface area contributed by atoms with E-state index in [-0.39, 0.29) is 5.91 Å². The molecule has 0 spiro atoms. The molecule has 0 saturated carbocycles. The van der Waals surface area contributed by atoms with E-state index in [1.807, 2.05) is 35.1 Å². The lowest BCUT2D eigenvalue weighted by Gasteiger charge is -2.44. The van der Waals surface area contributed by atoms with Gasteiger partial charge in [0.05, 0.1) is 0 Å². The van der Waals surface area contributed by atoms with Gasteiger partial charge in [0.25, 0.3) is 5.91 Å². The van der Waals surface area contributed by atoms with Gasteiger partial charge in [0.15, 0.2) is 5.69 Å². The van der Waals surface area contributed by atoms with E-state index in [0.29, 0.717) is 17.9 Å². The number of hydrazine groups is 1. The molecule has 2 aromatic carbocycles. The maximum atomic E-state index is 13.0. The Morgan fingerprint density at radius 3 is 1.77 bits per heavy atom. The van der Waals surface area contributed by atoms with Crippen molar-refractivity contribution in [3.05, 3.63) is 83.4 Å². The minimum atomic E-state index is -0.844. The van der Waals surface area contributed by atoms with Crippen molar-refractivity contribution >= 4 is 17.3 Å². The summed E-state index contributed by atoms with van der Waals surface area (Å²) in [6.07, 6.45) is 3.22. The maximum Gasteiger partial charge on any atom is 0.288 e. The Bertz CT molecular complexity index is 1020. The van der Waals surface area contributed by atoms with Crippen LogP contribution in [0.4, 0.5) is 11.4 Å². The number of anilines is 2. The molecule has 160 valence electrons. The van der Waals surface area contributed by atoms with E-state index < -0.39 is 5.54 Å². The van der Waals surface area contributed by atoms with E-state index in [2.05, 4.69) is 73.7 Å². The van der Waals surface area contributed by atoms with Crippen LogP contribution in [0.2, 0.25) is 0 Å². The number of nitrogens with one attached hydrogen (secondary N) is 1. The average Bonchev–Trinajstić information content (AvgIpc) is 2.80. The van der Waals surface area contributed by atoms with Gasteiger partial charge in [-0.15, -0.1) is 0 Å². The molecule has 0 unspecified atom stereocenters. The van der Waals surface area contributed by atoms with Crippen LogP contribution in [-0.2, 0) is 5.54 Å². The third-order valence-electron chi connectivity index (χ3n) is 5.75. The normalized spacial score (nSPS) is 14.9. The summed E-state index contributed by atoms with van der Waals surface area (Å²) in [5.41, 5.74) is 7.82. The van der Waals surface area contributed by atoms with E-state index >= 15 is 0 Å². The van der Waals surface area contributed by atoms with Crippen LogP contribution in [0.5, 0.6) is 0 Å². The monoisotopic (exact) mass is 416 g/mol. The van der Waals surface area contributed by atoms with Crippen molar-refractivity contribution in [1.29, 1.82) is 0 Å². The summed E-state index contributed by atoms with van der Waals surface area (Å²) in [4.78, 5) is 26.2. The Morgan fingerprint density at radius 1 is 0.839 bits per heavy atom. The molecule has 31 heavy (non-hydrogen) atoms. The van der Waals surface area contributed by atoms with Crippen molar-refractivity contribution < 1.29 is 4.79 Å².